The van der Waals surface area contributed by atoms with Crippen LogP contribution in [0.1, 0.15) is 24.3 Å². The zero-order valence-corrected chi connectivity index (χ0v) is 18.0. The number of anilines is 1. The molecule has 0 spiro atoms. The second kappa shape index (κ2) is 9.58. The Kier molecular flexibility index (Phi) is 7.10. The van der Waals surface area contributed by atoms with Crippen molar-refractivity contribution in [2.45, 2.75) is 31.1 Å². The van der Waals surface area contributed by atoms with Crippen LogP contribution in [0, 0.1) is 12.7 Å². The van der Waals surface area contributed by atoms with E-state index in [0.717, 1.165) is 17.1 Å². The molecule has 0 bridgehead atoms. The van der Waals surface area contributed by atoms with Gasteiger partial charge in [-0.2, -0.15) is 4.31 Å². The zero-order chi connectivity index (χ0) is 21.7. The van der Waals surface area contributed by atoms with Gasteiger partial charge in [0, 0.05) is 39.0 Å². The van der Waals surface area contributed by atoms with Crippen LogP contribution in [-0.4, -0.2) is 65.8 Å². The van der Waals surface area contributed by atoms with Gasteiger partial charge < -0.3 is 10.2 Å². The number of hydrogen-bond acceptors (Lipinski definition) is 7. The molecular formula is C18H22FN5O4S2. The SMILES string of the molecule is Cc1nnc(NC(=O)CCCC(=O)N2CCN(S(=O)(=O)c3ccc(F)cc3)CC2)s1. The zero-order valence-electron chi connectivity index (χ0n) is 16.4. The van der Waals surface area contributed by atoms with Gasteiger partial charge in [-0.15, -0.1) is 10.2 Å². The maximum Gasteiger partial charge on any atom is 0.243 e. The third kappa shape index (κ3) is 5.58. The highest BCUT2D eigenvalue weighted by atomic mass is 32.2. The number of rotatable bonds is 7. The van der Waals surface area contributed by atoms with Gasteiger partial charge in [-0.1, -0.05) is 11.3 Å². The van der Waals surface area contributed by atoms with Crippen LogP contribution in [0.25, 0.3) is 0 Å². The second-order valence-corrected chi connectivity index (χ2v) is 9.89. The van der Waals surface area contributed by atoms with Crippen LogP contribution in [0.15, 0.2) is 29.2 Å². The summed E-state index contributed by atoms with van der Waals surface area (Å²) in [6.45, 7) is 2.67. The number of nitrogens with one attached hydrogen (secondary N) is 1. The van der Waals surface area contributed by atoms with Crippen molar-refractivity contribution in [2.75, 3.05) is 31.5 Å². The van der Waals surface area contributed by atoms with Crippen molar-refractivity contribution in [1.29, 1.82) is 0 Å². The summed E-state index contributed by atoms with van der Waals surface area (Å²) in [5.41, 5.74) is 0. The van der Waals surface area contributed by atoms with E-state index in [9.17, 15) is 22.4 Å². The van der Waals surface area contributed by atoms with E-state index in [1.165, 1.54) is 27.8 Å². The summed E-state index contributed by atoms with van der Waals surface area (Å²) in [6, 6.07) is 4.68. The number of hydrogen-bond donors (Lipinski definition) is 1. The van der Waals surface area contributed by atoms with Crippen molar-refractivity contribution in [2.24, 2.45) is 0 Å². The molecule has 30 heavy (non-hydrogen) atoms. The summed E-state index contributed by atoms with van der Waals surface area (Å²) in [7, 11) is -3.72. The lowest BCUT2D eigenvalue weighted by atomic mass is 10.2. The monoisotopic (exact) mass is 455 g/mol. The quantitative estimate of drug-likeness (QED) is 0.679. The van der Waals surface area contributed by atoms with Gasteiger partial charge >= 0.3 is 0 Å². The number of carbonyl (C=O) groups excluding carboxylic acids is 2. The highest BCUT2D eigenvalue weighted by Gasteiger charge is 2.30. The number of halogens is 1. The van der Waals surface area contributed by atoms with Gasteiger partial charge in [0.05, 0.1) is 4.90 Å². The van der Waals surface area contributed by atoms with Crippen molar-refractivity contribution in [3.63, 3.8) is 0 Å². The van der Waals surface area contributed by atoms with E-state index < -0.39 is 15.8 Å². The second-order valence-electron chi connectivity index (χ2n) is 6.77. The van der Waals surface area contributed by atoms with Crippen molar-refractivity contribution >= 4 is 38.3 Å². The first-order valence-electron chi connectivity index (χ1n) is 9.39. The van der Waals surface area contributed by atoms with E-state index in [1.54, 1.807) is 11.8 Å². The van der Waals surface area contributed by atoms with E-state index in [4.69, 9.17) is 0 Å². The molecule has 1 aromatic carbocycles. The van der Waals surface area contributed by atoms with Gasteiger partial charge in [0.1, 0.15) is 10.8 Å². The maximum atomic E-state index is 13.0. The minimum atomic E-state index is -3.72. The Balaban J connectivity index is 1.42. The smallest absolute Gasteiger partial charge is 0.243 e. The molecule has 2 heterocycles. The van der Waals surface area contributed by atoms with Gasteiger partial charge in [-0.25, -0.2) is 12.8 Å². The molecule has 1 N–H and O–H groups in total. The van der Waals surface area contributed by atoms with Gasteiger partial charge in [0.15, 0.2) is 0 Å². The molecule has 3 rings (SSSR count). The first-order valence-corrected chi connectivity index (χ1v) is 11.6. The lowest BCUT2D eigenvalue weighted by Crippen LogP contribution is -2.50. The summed E-state index contributed by atoms with van der Waals surface area (Å²) in [5, 5.41) is 11.5. The molecule has 0 radical (unpaired) electrons. The third-order valence-electron chi connectivity index (χ3n) is 4.61. The normalized spacial score (nSPS) is 15.2. The average Bonchev–Trinajstić information content (AvgIpc) is 3.12. The summed E-state index contributed by atoms with van der Waals surface area (Å²) in [5.74, 6) is -0.848. The molecule has 1 fully saturated rings. The van der Waals surface area contributed by atoms with Crippen molar-refractivity contribution in [1.82, 2.24) is 19.4 Å². The molecule has 1 aliphatic heterocycles. The summed E-state index contributed by atoms with van der Waals surface area (Å²) >= 11 is 1.28. The van der Waals surface area contributed by atoms with E-state index in [2.05, 4.69) is 15.5 Å². The Hall–Kier alpha value is -2.44. The lowest BCUT2D eigenvalue weighted by molar-refractivity contribution is -0.132. The summed E-state index contributed by atoms with van der Waals surface area (Å²) in [6.07, 6.45) is 0.771. The number of piperazine rings is 1. The molecule has 1 aromatic heterocycles. The largest absolute Gasteiger partial charge is 0.340 e. The minimum absolute atomic E-state index is 0.0281. The Morgan fingerprint density at radius 2 is 1.77 bits per heavy atom. The van der Waals surface area contributed by atoms with Crippen molar-refractivity contribution < 1.29 is 22.4 Å². The van der Waals surface area contributed by atoms with Crippen LogP contribution in [0.5, 0.6) is 0 Å². The van der Waals surface area contributed by atoms with Crippen LogP contribution >= 0.6 is 11.3 Å². The number of amides is 2. The van der Waals surface area contributed by atoms with Gasteiger partial charge in [-0.3, -0.25) is 9.59 Å². The van der Waals surface area contributed by atoms with Crippen LogP contribution < -0.4 is 5.32 Å². The summed E-state index contributed by atoms with van der Waals surface area (Å²) < 4.78 is 39.6. The molecule has 1 saturated heterocycles. The first-order chi connectivity index (χ1) is 14.3. The number of carbonyl (C=O) groups is 2. The molecule has 0 atom stereocenters. The molecule has 0 aliphatic carbocycles. The molecule has 9 nitrogen and oxygen atoms in total. The Bertz CT molecular complexity index is 1000. The fourth-order valence-corrected chi connectivity index (χ4v) is 5.05. The standard InChI is InChI=1S/C18H22FN5O4S2/c1-13-21-22-18(29-13)20-16(25)3-2-4-17(26)23-9-11-24(12-10-23)30(27,28)15-7-5-14(19)6-8-15/h5-8H,2-4,9-12H2,1H3,(H,20,22,25). The van der Waals surface area contributed by atoms with Crippen LogP contribution in [0.4, 0.5) is 9.52 Å². The Labute approximate surface area is 177 Å². The average molecular weight is 456 g/mol. The lowest BCUT2D eigenvalue weighted by Gasteiger charge is -2.34. The molecule has 0 saturated carbocycles. The minimum Gasteiger partial charge on any atom is -0.340 e. The fourth-order valence-electron chi connectivity index (χ4n) is 3.02. The molecule has 0 unspecified atom stereocenters. The number of nitrogens with zero attached hydrogens (tertiary/aromatic N) is 4. The Morgan fingerprint density at radius 3 is 2.37 bits per heavy atom. The van der Waals surface area contributed by atoms with Gasteiger partial charge in [-0.05, 0) is 37.6 Å². The molecule has 2 aromatic rings. The third-order valence-corrected chi connectivity index (χ3v) is 7.28. The Morgan fingerprint density at radius 1 is 1.10 bits per heavy atom. The molecule has 12 heteroatoms. The van der Waals surface area contributed by atoms with Gasteiger partial charge in [0.25, 0.3) is 0 Å². The predicted octanol–water partition coefficient (Wildman–Crippen LogP) is 1.63. The molecule has 2 amide bonds. The fraction of sp³-hybridized carbons (Fsp3) is 0.444. The molecule has 1 aliphatic rings. The highest BCUT2D eigenvalue weighted by molar-refractivity contribution is 7.89. The number of benzene rings is 1. The topological polar surface area (TPSA) is 113 Å². The van der Waals surface area contributed by atoms with E-state index >= 15 is 0 Å². The predicted molar refractivity (Wildman–Crippen MR) is 109 cm³/mol. The number of aromatic nitrogens is 2. The van der Waals surface area contributed by atoms with E-state index in [1.807, 2.05) is 0 Å². The van der Waals surface area contributed by atoms with Crippen molar-refractivity contribution in [3.8, 4) is 0 Å². The highest BCUT2D eigenvalue weighted by Crippen LogP contribution is 2.19. The van der Waals surface area contributed by atoms with Crippen LogP contribution in [0.3, 0.4) is 0 Å². The van der Waals surface area contributed by atoms with E-state index in [0.29, 0.717) is 11.6 Å². The summed E-state index contributed by atoms with van der Waals surface area (Å²) in [4.78, 5) is 25.9. The number of sulfonamides is 1. The molecule has 162 valence electrons. The molecular weight excluding hydrogens is 433 g/mol. The van der Waals surface area contributed by atoms with Gasteiger partial charge in [0.2, 0.25) is 27.0 Å². The maximum absolute atomic E-state index is 13.0. The first kappa shape index (κ1) is 22.2. The van der Waals surface area contributed by atoms with E-state index in [-0.39, 0.29) is 55.7 Å². The number of aryl methyl sites for hydroxylation is 1. The van der Waals surface area contributed by atoms with Crippen LogP contribution in [-0.2, 0) is 19.6 Å². The van der Waals surface area contributed by atoms with Crippen molar-refractivity contribution in [3.05, 3.63) is 35.1 Å². The van der Waals surface area contributed by atoms with Crippen LogP contribution in [0.2, 0.25) is 0 Å².